The summed E-state index contributed by atoms with van der Waals surface area (Å²) in [5, 5.41) is 52.1. The summed E-state index contributed by atoms with van der Waals surface area (Å²) in [7, 11) is -10.8. The maximum Gasteiger partial charge on any atom is 0.481 e. The number of aromatic nitrogens is 4. The van der Waals surface area contributed by atoms with Crippen LogP contribution in [0.5, 0.6) is 0 Å². The van der Waals surface area contributed by atoms with Crippen molar-refractivity contribution in [1.29, 1.82) is 0 Å². The number of phosphoric ester groups is 2. The van der Waals surface area contributed by atoms with Crippen LogP contribution in [0.2, 0.25) is 0 Å². The Hall–Kier alpha value is -2.50. The normalized spacial score (nSPS) is 36.5. The molecule has 0 spiro atoms. The van der Waals surface area contributed by atoms with Crippen LogP contribution in [0, 0.1) is 0 Å². The van der Waals surface area contributed by atoms with Crippen LogP contribution >= 0.6 is 15.6 Å². The summed E-state index contributed by atoms with van der Waals surface area (Å²) in [5.41, 5.74) is 11.5. The number of anilines is 1. The molecule has 2 aromatic rings. The lowest BCUT2D eigenvalue weighted by Gasteiger charge is -2.31. The van der Waals surface area contributed by atoms with Crippen molar-refractivity contribution in [3.8, 4) is 0 Å². The fourth-order valence-corrected chi connectivity index (χ4v) is 7.21. The molecule has 250 valence electrons. The van der Waals surface area contributed by atoms with E-state index < -0.39 is 90.1 Å². The van der Waals surface area contributed by atoms with Crippen molar-refractivity contribution in [3.05, 3.63) is 24.4 Å². The van der Waals surface area contributed by atoms with Crippen molar-refractivity contribution in [2.45, 2.75) is 68.1 Å². The van der Waals surface area contributed by atoms with Crippen LogP contribution in [0.25, 0.3) is 11.2 Å². The molecule has 3 aliphatic rings. The fraction of sp³-hybridized carbons (Fsp3) is 0.619. The molecule has 5 heterocycles. The van der Waals surface area contributed by atoms with E-state index in [1.165, 1.54) is 17.1 Å². The van der Waals surface area contributed by atoms with Crippen LogP contribution in [-0.4, -0.2) is 123 Å². The van der Waals surface area contributed by atoms with Crippen LogP contribution in [0.1, 0.15) is 19.1 Å². The summed E-state index contributed by atoms with van der Waals surface area (Å²) in [6, 6.07) is 0. The zero-order valence-corrected chi connectivity index (χ0v) is 24.8. The molecule has 3 aliphatic heterocycles. The number of ether oxygens (including phenoxy) is 2. The highest BCUT2D eigenvalue weighted by atomic mass is 31.3. The van der Waals surface area contributed by atoms with E-state index in [4.69, 9.17) is 25.5 Å². The average Bonchev–Trinajstić information content (AvgIpc) is 3.61. The number of nitrogens with one attached hydrogen (secondary N) is 1. The van der Waals surface area contributed by atoms with Crippen LogP contribution in [0.15, 0.2) is 24.4 Å². The maximum atomic E-state index is 12.4. The number of nitrogen functional groups attached to an aromatic ring is 1. The van der Waals surface area contributed by atoms with E-state index in [0.717, 1.165) is 6.33 Å². The second-order valence-corrected chi connectivity index (χ2v) is 13.4. The van der Waals surface area contributed by atoms with Crippen molar-refractivity contribution < 1.29 is 77.0 Å². The van der Waals surface area contributed by atoms with Crippen molar-refractivity contribution in [3.63, 3.8) is 0 Å². The van der Waals surface area contributed by atoms with Gasteiger partial charge in [0.25, 0.3) is 0 Å². The van der Waals surface area contributed by atoms with E-state index in [2.05, 4.69) is 23.8 Å². The molecular weight excluding hydrogens is 652 g/mol. The van der Waals surface area contributed by atoms with Gasteiger partial charge in [-0.05, 0) is 6.42 Å². The molecule has 45 heavy (non-hydrogen) atoms. The molecular formula is C21H32N7O15P2+. The number of nitrogens with two attached hydrogens (primary N) is 2. The molecule has 2 saturated heterocycles. The molecule has 0 saturated carbocycles. The van der Waals surface area contributed by atoms with E-state index >= 15 is 0 Å². The number of amides is 1. The summed E-state index contributed by atoms with van der Waals surface area (Å²) < 4.78 is 50.8. The SMILES string of the molecule is NC(=O)C1=C[NH+](C2OC(COP(=O)(O)OP(=O)(O)OCC3OC(n4cnc5c(N)ncnc54)C(O)C3O)C(O)C2O)C(O)CC1. The van der Waals surface area contributed by atoms with Gasteiger partial charge in [0.2, 0.25) is 12.1 Å². The van der Waals surface area contributed by atoms with Gasteiger partial charge in [0.15, 0.2) is 30.0 Å². The highest BCUT2D eigenvalue weighted by Crippen LogP contribution is 2.60. The molecule has 12 unspecified atom stereocenters. The Kier molecular flexibility index (Phi) is 9.74. The van der Waals surface area contributed by atoms with Crippen LogP contribution < -0.4 is 16.4 Å². The number of aliphatic hydroxyl groups excluding tert-OH is 5. The van der Waals surface area contributed by atoms with Crippen molar-refractivity contribution in [2.24, 2.45) is 5.73 Å². The molecule has 1 amide bonds. The van der Waals surface area contributed by atoms with E-state index in [1.54, 1.807) is 0 Å². The largest absolute Gasteiger partial charge is 0.481 e. The molecule has 12 atom stereocenters. The molecule has 2 fully saturated rings. The topological polar surface area (TPSA) is 339 Å². The fourth-order valence-electron chi connectivity index (χ4n) is 5.12. The lowest BCUT2D eigenvalue weighted by Crippen LogP contribution is -3.17. The lowest BCUT2D eigenvalue weighted by molar-refractivity contribution is -0.950. The second kappa shape index (κ2) is 13.0. The minimum Gasteiger partial charge on any atom is -0.387 e. The standard InChI is InChI=1S/C21H31N7O15P2/c22-17-12-19(25-6-24-17)28(7-26-12)21-16(33)14(31)10(42-21)5-40-45(37,38)43-44(35,36)39-4-9-13(30)15(32)20(41-9)27-3-8(18(23)34)1-2-11(27)29/h3,6-7,9-11,13-16,20-21,29-33H,1-2,4-5H2,(H2,23,34)(H,35,36)(H,37,38)(H2,22,24,25)/p+1. The van der Waals surface area contributed by atoms with Crippen molar-refractivity contribution in [1.82, 2.24) is 19.5 Å². The van der Waals surface area contributed by atoms with E-state index in [-0.39, 0.29) is 40.3 Å². The molecule has 2 aromatic heterocycles. The van der Waals surface area contributed by atoms with E-state index in [0.29, 0.717) is 0 Å². The van der Waals surface area contributed by atoms with Crippen molar-refractivity contribution >= 4 is 38.5 Å². The number of imidazole rings is 1. The van der Waals surface area contributed by atoms with Gasteiger partial charge in [-0.15, -0.1) is 0 Å². The first-order valence-electron chi connectivity index (χ1n) is 13.3. The number of nitrogens with zero attached hydrogens (tertiary/aromatic N) is 4. The number of carbonyl (C=O) groups is 1. The average molecular weight is 684 g/mol. The minimum absolute atomic E-state index is 0.0445. The molecule has 0 aromatic carbocycles. The Morgan fingerprint density at radius 3 is 2.24 bits per heavy atom. The third-order valence-corrected chi connectivity index (χ3v) is 10.0. The molecule has 0 radical (unpaired) electrons. The number of primary amides is 1. The predicted molar refractivity (Wildman–Crippen MR) is 142 cm³/mol. The summed E-state index contributed by atoms with van der Waals surface area (Å²) >= 11 is 0. The number of quaternary nitrogens is 1. The highest BCUT2D eigenvalue weighted by Gasteiger charge is 2.52. The summed E-state index contributed by atoms with van der Waals surface area (Å²) in [6.07, 6.45) is -9.47. The predicted octanol–water partition coefficient (Wildman–Crippen LogP) is -4.91. The number of phosphoric acid groups is 2. The third-order valence-electron chi connectivity index (χ3n) is 7.43. The van der Waals surface area contributed by atoms with E-state index in [1.807, 2.05) is 0 Å². The van der Waals surface area contributed by atoms with E-state index in [9.17, 15) is 49.2 Å². The van der Waals surface area contributed by atoms with Crippen molar-refractivity contribution in [2.75, 3.05) is 18.9 Å². The summed E-state index contributed by atoms with van der Waals surface area (Å²) in [4.78, 5) is 43.5. The lowest BCUT2D eigenvalue weighted by atomic mass is 10.0. The van der Waals surface area contributed by atoms with Crippen LogP contribution in [0.4, 0.5) is 5.82 Å². The smallest absolute Gasteiger partial charge is 0.387 e. The first-order valence-corrected chi connectivity index (χ1v) is 16.2. The number of rotatable bonds is 11. The monoisotopic (exact) mass is 684 g/mol. The Bertz CT molecular complexity index is 1550. The summed E-state index contributed by atoms with van der Waals surface area (Å²) in [5.74, 6) is -0.706. The molecule has 12 N–H and O–H groups in total. The number of hydrogen-bond donors (Lipinski definition) is 10. The number of fused-ring (bicyclic) bond motifs is 1. The van der Waals surface area contributed by atoms with Crippen LogP contribution in [-0.2, 0) is 36.8 Å². The van der Waals surface area contributed by atoms with Gasteiger partial charge in [-0.2, -0.15) is 4.31 Å². The van der Waals surface area contributed by atoms with Gasteiger partial charge < -0.3 is 56.3 Å². The van der Waals surface area contributed by atoms with Gasteiger partial charge in [-0.1, -0.05) is 0 Å². The summed E-state index contributed by atoms with van der Waals surface area (Å²) in [6.45, 7) is -1.85. The molecule has 5 rings (SSSR count). The number of hydrogen-bond acceptors (Lipinski definition) is 17. The quantitative estimate of drug-likeness (QED) is 0.0991. The highest BCUT2D eigenvalue weighted by molar-refractivity contribution is 7.61. The van der Waals surface area contributed by atoms with Gasteiger partial charge in [-0.3, -0.25) is 23.3 Å². The van der Waals surface area contributed by atoms with Gasteiger partial charge in [-0.25, -0.2) is 24.1 Å². The Morgan fingerprint density at radius 1 is 0.978 bits per heavy atom. The maximum absolute atomic E-state index is 12.4. The van der Waals surface area contributed by atoms with Gasteiger partial charge >= 0.3 is 15.6 Å². The molecule has 24 heteroatoms. The number of carbonyl (C=O) groups excluding carboxylic acids is 1. The first kappa shape index (κ1) is 33.9. The Labute approximate surface area is 252 Å². The molecule has 0 bridgehead atoms. The minimum atomic E-state index is -5.40. The third kappa shape index (κ3) is 7.10. The Balaban J connectivity index is 1.15. The second-order valence-electron chi connectivity index (χ2n) is 10.4. The number of aliphatic hydroxyl groups is 5. The van der Waals surface area contributed by atoms with Crippen LogP contribution in [0.3, 0.4) is 0 Å². The van der Waals surface area contributed by atoms with Gasteiger partial charge in [0.05, 0.1) is 25.1 Å². The van der Waals surface area contributed by atoms with Gasteiger partial charge in [0.1, 0.15) is 48.6 Å². The first-order chi connectivity index (χ1) is 21.1. The Morgan fingerprint density at radius 2 is 1.60 bits per heavy atom. The zero-order chi connectivity index (χ0) is 32.8. The molecule has 0 aliphatic carbocycles. The molecule has 22 nitrogen and oxygen atoms in total. The van der Waals surface area contributed by atoms with Gasteiger partial charge in [0, 0.05) is 6.42 Å². The zero-order valence-electron chi connectivity index (χ0n) is 23.0.